The topological polar surface area (TPSA) is 17.1 Å². The molecule has 0 aliphatic carbocycles. The first-order chi connectivity index (χ1) is 2.00. The van der Waals surface area contributed by atoms with Crippen LogP contribution in [0, 0.1) is 0 Å². The van der Waals surface area contributed by atoms with Gasteiger partial charge in [0.1, 0.15) is 0 Å². The molecule has 6 heavy (non-hydrogen) atoms. The van der Waals surface area contributed by atoms with Crippen LogP contribution in [0.15, 0.2) is 0 Å². The van der Waals surface area contributed by atoms with Crippen LogP contribution in [0.2, 0.25) is 0 Å². The molecule has 0 aliphatic rings. The van der Waals surface area contributed by atoms with E-state index in [9.17, 15) is 4.57 Å². The largest absolute Gasteiger partial charge is 0.339 e. The molecule has 0 spiro atoms. The van der Waals surface area contributed by atoms with Gasteiger partial charge in [0.25, 0.3) is 0 Å². The average molecular weight is 185 g/mol. The van der Waals surface area contributed by atoms with E-state index in [1.54, 1.807) is 0 Å². The Morgan fingerprint density at radius 2 is 1.17 bits per heavy atom. The van der Waals surface area contributed by atoms with E-state index in [0.29, 0.717) is 0 Å². The Hall–Kier alpha value is 1.32. The molecule has 0 N–H and O–H groups in total. The van der Waals surface area contributed by atoms with Gasteiger partial charge < -0.3 is 0 Å². The van der Waals surface area contributed by atoms with Gasteiger partial charge in [0.05, 0.1) is 0 Å². The molecule has 0 atom stereocenters. The Labute approximate surface area is 54.7 Å². The second-order valence-corrected chi connectivity index (χ2v) is 7.04. The molecule has 0 amide bonds. The average Bonchev–Trinajstić information content (AvgIpc) is 0.722. The highest BCUT2D eigenvalue weighted by Gasteiger charge is 2.02. The van der Waals surface area contributed by atoms with Crippen LogP contribution < -0.4 is 0 Å². The van der Waals surface area contributed by atoms with Crippen molar-refractivity contribution in [2.24, 2.45) is 0 Å². The minimum atomic E-state index is -3.22. The zero-order chi connectivity index (χ0) is 4.50. The Kier molecular flexibility index (Phi) is 5.74. The maximum Gasteiger partial charge on any atom is 0.339 e. The van der Waals surface area contributed by atoms with Crippen molar-refractivity contribution < 1.29 is 4.57 Å². The fourth-order valence-corrected chi connectivity index (χ4v) is 0. The van der Waals surface area contributed by atoms with E-state index in [-0.39, 0.29) is 11.0 Å². The Balaban J connectivity index is 0. The van der Waals surface area contributed by atoms with Crippen molar-refractivity contribution in [2.75, 3.05) is 0 Å². The summed E-state index contributed by atoms with van der Waals surface area (Å²) in [6, 6.07) is 0. The molecule has 6 heteroatoms. The maximum absolute atomic E-state index is 9.51. The van der Waals surface area contributed by atoms with Gasteiger partial charge in [0.15, 0.2) is 0 Å². The van der Waals surface area contributed by atoms with Crippen LogP contribution in [0.4, 0.5) is 0 Å². The summed E-state index contributed by atoms with van der Waals surface area (Å²) in [6.45, 7) is 0. The van der Waals surface area contributed by atoms with E-state index in [2.05, 4.69) is 33.7 Å². The summed E-state index contributed by atoms with van der Waals surface area (Å²) in [5.41, 5.74) is 0. The third kappa shape index (κ3) is 57.1. The predicted octanol–water partition coefficient (Wildman–Crippen LogP) is 1.36. The minimum Gasteiger partial charge on any atom is -0.271 e. The van der Waals surface area contributed by atoms with Crippen LogP contribution in [0.5, 0.6) is 0 Å². The SMILES string of the molecule is O=P(Cl)(Cl)Cl.[SiH4]. The molecule has 0 bridgehead atoms. The lowest BCUT2D eigenvalue weighted by atomic mass is 16.0. The Bertz CT molecular complexity index is 56.9. The van der Waals surface area contributed by atoms with E-state index in [0.717, 1.165) is 0 Å². The van der Waals surface area contributed by atoms with Crippen LogP contribution in [-0.4, -0.2) is 11.0 Å². The summed E-state index contributed by atoms with van der Waals surface area (Å²) in [6.07, 6.45) is 0. The summed E-state index contributed by atoms with van der Waals surface area (Å²) in [5.74, 6) is 0. The number of rotatable bonds is 0. The fourth-order valence-electron chi connectivity index (χ4n) is 0. The van der Waals surface area contributed by atoms with Crippen LogP contribution >= 0.6 is 38.9 Å². The first-order valence-electron chi connectivity index (χ1n) is 0.690. The quantitative estimate of drug-likeness (QED) is 0.411. The summed E-state index contributed by atoms with van der Waals surface area (Å²) >= 11 is 13.8. The molecule has 0 aromatic rings. The van der Waals surface area contributed by atoms with Gasteiger partial charge in [-0.25, -0.2) is 0 Å². The predicted molar refractivity (Wildman–Crippen MR) is 36.5 cm³/mol. The molecule has 0 aromatic carbocycles. The zero-order valence-corrected chi connectivity index (χ0v) is 5.15. The van der Waals surface area contributed by atoms with Crippen LogP contribution in [-0.2, 0) is 4.57 Å². The highest BCUT2D eigenvalue weighted by Crippen LogP contribution is 2.61. The van der Waals surface area contributed by atoms with Crippen molar-refractivity contribution in [1.82, 2.24) is 0 Å². The molecule has 40 valence electrons. The van der Waals surface area contributed by atoms with E-state index >= 15 is 0 Å². The van der Waals surface area contributed by atoms with Crippen molar-refractivity contribution in [1.29, 1.82) is 0 Å². The zero-order valence-electron chi connectivity index (χ0n) is 1.99. The molecular weight excluding hydrogens is 181 g/mol. The lowest BCUT2D eigenvalue weighted by Gasteiger charge is -1.74. The molecule has 0 fully saturated rings. The molecule has 0 heterocycles. The van der Waals surface area contributed by atoms with E-state index in [4.69, 9.17) is 0 Å². The second kappa shape index (κ2) is 3.34. The second-order valence-electron chi connectivity index (χ2n) is 0.399. The summed E-state index contributed by atoms with van der Waals surface area (Å²) in [5, 5.41) is -3.22. The van der Waals surface area contributed by atoms with Crippen molar-refractivity contribution >= 4 is 49.9 Å². The van der Waals surface area contributed by atoms with Crippen molar-refractivity contribution in [2.45, 2.75) is 0 Å². The number of hydrogen-bond donors (Lipinski definition) is 0. The van der Waals surface area contributed by atoms with Gasteiger partial charge in [-0.3, -0.25) is 4.57 Å². The van der Waals surface area contributed by atoms with Gasteiger partial charge in [-0.1, -0.05) is 0 Å². The van der Waals surface area contributed by atoms with Crippen LogP contribution in [0.1, 0.15) is 0 Å². The number of halogens is 3. The standard InChI is InChI=1S/Cl3OP.H4Si/c1-5(2,3)4;/h;1H4. The molecule has 0 saturated heterocycles. The molecule has 0 unspecified atom stereocenters. The normalized spacial score (nSPS) is 9.83. The third-order valence-electron chi connectivity index (χ3n) is 0. The molecule has 0 saturated carbocycles. The van der Waals surface area contributed by atoms with Crippen molar-refractivity contribution in [3.63, 3.8) is 0 Å². The Morgan fingerprint density at radius 1 is 1.17 bits per heavy atom. The van der Waals surface area contributed by atoms with E-state index in [1.165, 1.54) is 0 Å². The third-order valence-corrected chi connectivity index (χ3v) is 0. The van der Waals surface area contributed by atoms with Gasteiger partial charge in [0.2, 0.25) is 0 Å². The highest BCUT2D eigenvalue weighted by atomic mass is 36.0. The van der Waals surface area contributed by atoms with Gasteiger partial charge in [0, 0.05) is 0 Å². The molecule has 0 aliphatic heterocycles. The lowest BCUT2D eigenvalue weighted by molar-refractivity contribution is 0.600. The Morgan fingerprint density at radius 3 is 1.17 bits per heavy atom. The van der Waals surface area contributed by atoms with E-state index < -0.39 is 5.20 Å². The maximum atomic E-state index is 9.51. The van der Waals surface area contributed by atoms with Gasteiger partial charge in [-0.05, 0) is 44.7 Å². The summed E-state index contributed by atoms with van der Waals surface area (Å²) < 4.78 is 9.51. The summed E-state index contributed by atoms with van der Waals surface area (Å²) in [7, 11) is 0. The number of hydrogen-bond acceptors (Lipinski definition) is 1. The van der Waals surface area contributed by atoms with Gasteiger partial charge >= 0.3 is 5.20 Å². The van der Waals surface area contributed by atoms with Gasteiger partial charge in [-0.15, -0.1) is 0 Å². The fraction of sp³-hybridized carbons (Fsp3) is 0. The smallest absolute Gasteiger partial charge is 0.271 e. The van der Waals surface area contributed by atoms with Crippen molar-refractivity contribution in [3.05, 3.63) is 0 Å². The summed E-state index contributed by atoms with van der Waals surface area (Å²) in [4.78, 5) is 0. The first-order valence-corrected chi connectivity index (χ1v) is 5.11. The lowest BCUT2D eigenvalue weighted by Crippen LogP contribution is -1.19. The van der Waals surface area contributed by atoms with Crippen LogP contribution in [0.3, 0.4) is 0 Å². The van der Waals surface area contributed by atoms with Crippen molar-refractivity contribution in [3.8, 4) is 0 Å². The minimum absolute atomic E-state index is 0. The highest BCUT2D eigenvalue weighted by molar-refractivity contribution is 8.24. The van der Waals surface area contributed by atoms with Crippen LogP contribution in [0.25, 0.3) is 0 Å². The molecular formula is H4Cl3OPSi. The molecule has 0 aromatic heterocycles. The monoisotopic (exact) mass is 184 g/mol. The van der Waals surface area contributed by atoms with E-state index in [1.807, 2.05) is 0 Å². The molecule has 0 radical (unpaired) electrons. The first kappa shape index (κ1) is 10.3. The molecule has 0 rings (SSSR count). The van der Waals surface area contributed by atoms with Gasteiger partial charge in [-0.2, -0.15) is 0 Å². The molecule has 1 nitrogen and oxygen atoms in total.